The van der Waals surface area contributed by atoms with E-state index >= 15 is 0 Å². The van der Waals surface area contributed by atoms with E-state index in [0.717, 1.165) is 88.5 Å². The number of anilines is 2. The van der Waals surface area contributed by atoms with Crippen LogP contribution in [0.1, 0.15) is 55.3 Å². The van der Waals surface area contributed by atoms with E-state index in [0.29, 0.717) is 6.04 Å². The van der Waals surface area contributed by atoms with E-state index in [9.17, 15) is 4.79 Å². The van der Waals surface area contributed by atoms with E-state index in [4.69, 9.17) is 4.98 Å². The highest BCUT2D eigenvalue weighted by atomic mass is 16.1. The normalized spacial score (nSPS) is 24.5. The number of H-pyrrole nitrogens is 1. The van der Waals surface area contributed by atoms with Gasteiger partial charge >= 0.3 is 0 Å². The van der Waals surface area contributed by atoms with Crippen LogP contribution in [-0.4, -0.2) is 48.7 Å². The molecular weight excluding hydrogens is 386 g/mol. The first-order valence-electron chi connectivity index (χ1n) is 12.2. The summed E-state index contributed by atoms with van der Waals surface area (Å²) in [6.07, 6.45) is 8.89. The van der Waals surface area contributed by atoms with Gasteiger partial charge in [0, 0.05) is 48.9 Å². The maximum Gasteiger partial charge on any atom is 0.255 e. The van der Waals surface area contributed by atoms with Crippen molar-refractivity contribution < 1.29 is 0 Å². The molecule has 4 aliphatic rings. The predicted octanol–water partition coefficient (Wildman–Crippen LogP) is 2.76. The van der Waals surface area contributed by atoms with Crippen LogP contribution >= 0.6 is 0 Å². The first-order valence-corrected chi connectivity index (χ1v) is 12.2. The Hall–Kier alpha value is -2.34. The van der Waals surface area contributed by atoms with Gasteiger partial charge in [0.1, 0.15) is 0 Å². The highest BCUT2D eigenvalue weighted by Gasteiger charge is 2.45. The average molecular weight is 420 g/mol. The van der Waals surface area contributed by atoms with Crippen molar-refractivity contribution in [1.82, 2.24) is 15.3 Å². The Labute approximate surface area is 184 Å². The Morgan fingerprint density at radius 1 is 1.10 bits per heavy atom. The molecule has 1 aliphatic carbocycles. The lowest BCUT2D eigenvalue weighted by atomic mass is 9.74. The molecule has 0 amide bonds. The van der Waals surface area contributed by atoms with Crippen LogP contribution in [-0.2, 0) is 18.3 Å². The lowest BCUT2D eigenvalue weighted by molar-refractivity contribution is 0.345. The summed E-state index contributed by atoms with van der Waals surface area (Å²) in [7, 11) is 0. The average Bonchev–Trinajstić information content (AvgIpc) is 3.42. The third-order valence-corrected chi connectivity index (χ3v) is 8.11. The number of hydrogen-bond acceptors (Lipinski definition) is 5. The highest BCUT2D eigenvalue weighted by Crippen LogP contribution is 2.47. The number of fused-ring (bicyclic) bond motifs is 3. The van der Waals surface area contributed by atoms with Crippen LogP contribution in [0, 0.1) is 0 Å². The van der Waals surface area contributed by atoms with Crippen molar-refractivity contribution in [1.29, 1.82) is 0 Å². The number of piperidine rings is 1. The number of rotatable bonds is 3. The van der Waals surface area contributed by atoms with Gasteiger partial charge in [0.2, 0.25) is 5.95 Å². The van der Waals surface area contributed by atoms with Gasteiger partial charge in [-0.25, -0.2) is 4.98 Å². The van der Waals surface area contributed by atoms with Crippen molar-refractivity contribution in [3.8, 4) is 0 Å². The van der Waals surface area contributed by atoms with E-state index in [-0.39, 0.29) is 11.0 Å². The van der Waals surface area contributed by atoms with Gasteiger partial charge in [-0.1, -0.05) is 18.2 Å². The second kappa shape index (κ2) is 7.66. The zero-order valence-electron chi connectivity index (χ0n) is 18.3. The summed E-state index contributed by atoms with van der Waals surface area (Å²) in [6, 6.07) is 9.67. The molecule has 3 aliphatic heterocycles. The second-order valence-corrected chi connectivity index (χ2v) is 9.98. The molecular formula is C25H33N5O. The molecule has 31 heavy (non-hydrogen) atoms. The second-order valence-electron chi connectivity index (χ2n) is 9.98. The van der Waals surface area contributed by atoms with Crippen LogP contribution in [0.3, 0.4) is 0 Å². The van der Waals surface area contributed by atoms with E-state index in [1.54, 1.807) is 0 Å². The summed E-state index contributed by atoms with van der Waals surface area (Å²) in [5.41, 5.74) is 5.22. The molecule has 1 aromatic heterocycles. The number of aromatic nitrogens is 2. The fourth-order valence-corrected chi connectivity index (χ4v) is 6.39. The van der Waals surface area contributed by atoms with Crippen LogP contribution in [0.5, 0.6) is 0 Å². The van der Waals surface area contributed by atoms with E-state index in [2.05, 4.69) is 44.4 Å². The number of benzene rings is 1. The van der Waals surface area contributed by atoms with Crippen LogP contribution in [0.15, 0.2) is 29.1 Å². The summed E-state index contributed by atoms with van der Waals surface area (Å²) < 4.78 is 0. The molecule has 0 saturated carbocycles. The van der Waals surface area contributed by atoms with Crippen LogP contribution in [0.4, 0.5) is 11.6 Å². The van der Waals surface area contributed by atoms with Gasteiger partial charge in [0.25, 0.3) is 5.56 Å². The summed E-state index contributed by atoms with van der Waals surface area (Å²) in [5.74, 6) is 0.791. The van der Waals surface area contributed by atoms with Gasteiger partial charge in [-0.3, -0.25) is 9.78 Å². The number of nitrogens with zero attached hydrogens (tertiary/aromatic N) is 3. The van der Waals surface area contributed by atoms with Crippen LogP contribution < -0.4 is 20.7 Å². The lowest BCUT2D eigenvalue weighted by Gasteiger charge is -2.40. The lowest BCUT2D eigenvalue weighted by Crippen LogP contribution is -2.47. The molecule has 0 bridgehead atoms. The van der Waals surface area contributed by atoms with E-state index < -0.39 is 0 Å². The molecule has 6 heteroatoms. The molecule has 1 atom stereocenters. The number of aromatic amines is 1. The molecule has 164 valence electrons. The van der Waals surface area contributed by atoms with Gasteiger partial charge in [0.15, 0.2) is 0 Å². The molecule has 6 nitrogen and oxygen atoms in total. The minimum absolute atomic E-state index is 0.0847. The zero-order valence-corrected chi connectivity index (χ0v) is 18.3. The molecule has 2 N–H and O–H groups in total. The number of aryl methyl sites for hydroxylation is 1. The summed E-state index contributed by atoms with van der Waals surface area (Å²) in [5, 5.41) is 3.67. The Morgan fingerprint density at radius 3 is 2.77 bits per heavy atom. The quantitative estimate of drug-likeness (QED) is 0.801. The van der Waals surface area contributed by atoms with Gasteiger partial charge in [-0.2, -0.15) is 0 Å². The molecule has 1 unspecified atom stereocenters. The van der Waals surface area contributed by atoms with Crippen molar-refractivity contribution >= 4 is 11.6 Å². The van der Waals surface area contributed by atoms with Gasteiger partial charge < -0.3 is 15.1 Å². The maximum absolute atomic E-state index is 12.6. The monoisotopic (exact) mass is 419 g/mol. The zero-order chi connectivity index (χ0) is 20.8. The number of nitrogens with one attached hydrogen (secondary N) is 2. The molecule has 2 aromatic rings. The third kappa shape index (κ3) is 3.36. The topological polar surface area (TPSA) is 64.3 Å². The molecule has 1 aromatic carbocycles. The molecule has 2 fully saturated rings. The Kier molecular flexibility index (Phi) is 4.78. The number of para-hydroxylation sites is 1. The fraction of sp³-hybridized carbons (Fsp3) is 0.600. The maximum atomic E-state index is 12.6. The Morgan fingerprint density at radius 2 is 1.94 bits per heavy atom. The van der Waals surface area contributed by atoms with Crippen molar-refractivity contribution in [3.05, 3.63) is 51.4 Å². The minimum Gasteiger partial charge on any atom is -0.369 e. The van der Waals surface area contributed by atoms with Gasteiger partial charge in [-0.05, 0) is 69.5 Å². The smallest absolute Gasteiger partial charge is 0.255 e. The predicted molar refractivity (Wildman–Crippen MR) is 124 cm³/mol. The Bertz CT molecular complexity index is 1020. The highest BCUT2D eigenvalue weighted by molar-refractivity contribution is 5.63. The first-order chi connectivity index (χ1) is 15.2. The number of hydrogen-bond donors (Lipinski definition) is 2. The van der Waals surface area contributed by atoms with Crippen molar-refractivity contribution in [2.24, 2.45) is 0 Å². The molecule has 4 heterocycles. The summed E-state index contributed by atoms with van der Waals surface area (Å²) in [6.45, 7) is 5.29. The van der Waals surface area contributed by atoms with Crippen molar-refractivity contribution in [3.63, 3.8) is 0 Å². The molecule has 2 saturated heterocycles. The van der Waals surface area contributed by atoms with Crippen molar-refractivity contribution in [2.75, 3.05) is 42.5 Å². The van der Waals surface area contributed by atoms with Gasteiger partial charge in [-0.15, -0.1) is 0 Å². The molecule has 1 spiro atoms. The van der Waals surface area contributed by atoms with E-state index in [1.165, 1.54) is 24.1 Å². The van der Waals surface area contributed by atoms with E-state index in [1.807, 2.05) is 0 Å². The van der Waals surface area contributed by atoms with Crippen LogP contribution in [0.2, 0.25) is 0 Å². The summed E-state index contributed by atoms with van der Waals surface area (Å²) in [4.78, 5) is 25.5. The standard InChI is InChI=1S/C25H33N5O/c31-23-19-7-1-3-9-21(19)27-24(28-23)29-14-11-25(12-15-29)17-30(16-18-6-5-13-26-18)22-10-4-2-8-20(22)25/h2,4,8,10,18,26H,1,3,5-7,9,11-17H2,(H,27,28,31). The fourth-order valence-electron chi connectivity index (χ4n) is 6.39. The molecule has 6 rings (SSSR count). The van der Waals surface area contributed by atoms with Crippen LogP contribution in [0.25, 0.3) is 0 Å². The Balaban J connectivity index is 1.22. The summed E-state index contributed by atoms with van der Waals surface area (Å²) >= 11 is 0. The van der Waals surface area contributed by atoms with Gasteiger partial charge in [0.05, 0.1) is 5.69 Å². The molecule has 0 radical (unpaired) electrons. The SMILES string of the molecule is O=c1[nH]c(N2CCC3(CC2)CN(CC2CCCN2)c2ccccc23)nc2c1CCCC2. The minimum atomic E-state index is 0.0847. The largest absolute Gasteiger partial charge is 0.369 e. The van der Waals surface area contributed by atoms with Crippen molar-refractivity contribution in [2.45, 2.75) is 62.8 Å². The first kappa shape index (κ1) is 19.4. The third-order valence-electron chi connectivity index (χ3n) is 8.11.